The Morgan fingerprint density at radius 1 is 1.31 bits per heavy atom. The van der Waals surface area contributed by atoms with Gasteiger partial charge in [0.2, 0.25) is 0 Å². The van der Waals surface area contributed by atoms with Crippen LogP contribution in [0.3, 0.4) is 0 Å². The summed E-state index contributed by atoms with van der Waals surface area (Å²) in [5.74, 6) is 1.25. The molecule has 1 N–H and O–H groups in total. The van der Waals surface area contributed by atoms with E-state index in [4.69, 9.17) is 11.6 Å². The summed E-state index contributed by atoms with van der Waals surface area (Å²) in [7, 11) is 0. The summed E-state index contributed by atoms with van der Waals surface area (Å²) in [5, 5.41) is 11.1. The molecule has 0 aliphatic carbocycles. The predicted octanol–water partition coefficient (Wildman–Crippen LogP) is 3.27. The molecular weight excluding hydrogens is 222 g/mol. The normalized spacial score (nSPS) is 10.1. The van der Waals surface area contributed by atoms with Crippen molar-refractivity contribution in [3.8, 4) is 0 Å². The van der Waals surface area contributed by atoms with Gasteiger partial charge in [-0.15, -0.1) is 16.7 Å². The molecular formula is C12H12ClN3. The third-order valence-corrected chi connectivity index (χ3v) is 2.45. The summed E-state index contributed by atoms with van der Waals surface area (Å²) >= 11 is 5.77. The van der Waals surface area contributed by atoms with Crippen molar-refractivity contribution in [1.82, 2.24) is 10.2 Å². The maximum absolute atomic E-state index is 5.77. The van der Waals surface area contributed by atoms with E-state index in [0.29, 0.717) is 5.88 Å². The Balaban J connectivity index is 2.20. The van der Waals surface area contributed by atoms with Crippen LogP contribution in [0.5, 0.6) is 0 Å². The van der Waals surface area contributed by atoms with E-state index in [-0.39, 0.29) is 0 Å². The molecule has 16 heavy (non-hydrogen) atoms. The number of halogens is 1. The molecule has 1 aromatic carbocycles. The minimum atomic E-state index is 0.509. The highest BCUT2D eigenvalue weighted by molar-refractivity contribution is 6.17. The van der Waals surface area contributed by atoms with E-state index in [1.807, 2.05) is 37.3 Å². The van der Waals surface area contributed by atoms with Gasteiger partial charge in [-0.05, 0) is 36.2 Å². The van der Waals surface area contributed by atoms with Gasteiger partial charge >= 0.3 is 0 Å². The standard InChI is InChI=1S/C12H12ClN3/c1-9-5-12(16-14-8-9)15-11-4-2-3-10(6-11)7-13/h2-6,8H,7H2,1H3,(H,15,16). The van der Waals surface area contributed by atoms with E-state index in [0.717, 1.165) is 22.6 Å². The second-order valence-corrected chi connectivity index (χ2v) is 3.84. The highest BCUT2D eigenvalue weighted by Crippen LogP contribution is 2.16. The predicted molar refractivity (Wildman–Crippen MR) is 66.1 cm³/mol. The highest BCUT2D eigenvalue weighted by atomic mass is 35.5. The van der Waals surface area contributed by atoms with Crippen LogP contribution >= 0.6 is 11.6 Å². The molecule has 1 aromatic heterocycles. The lowest BCUT2D eigenvalue weighted by Gasteiger charge is -2.06. The minimum Gasteiger partial charge on any atom is -0.339 e. The lowest BCUT2D eigenvalue weighted by Crippen LogP contribution is -1.96. The first-order chi connectivity index (χ1) is 7.78. The van der Waals surface area contributed by atoms with E-state index in [9.17, 15) is 0 Å². The fourth-order valence-corrected chi connectivity index (χ4v) is 1.57. The molecule has 0 amide bonds. The molecule has 0 saturated carbocycles. The first-order valence-corrected chi connectivity index (χ1v) is 5.52. The molecule has 0 fully saturated rings. The molecule has 1 heterocycles. The van der Waals surface area contributed by atoms with Crippen molar-refractivity contribution in [3.05, 3.63) is 47.7 Å². The molecule has 2 rings (SSSR count). The summed E-state index contributed by atoms with van der Waals surface area (Å²) in [6, 6.07) is 9.86. The highest BCUT2D eigenvalue weighted by Gasteiger charge is 1.98. The van der Waals surface area contributed by atoms with Gasteiger partial charge in [0.05, 0.1) is 6.20 Å². The van der Waals surface area contributed by atoms with E-state index in [1.54, 1.807) is 6.20 Å². The molecule has 0 unspecified atom stereocenters. The SMILES string of the molecule is Cc1cnnc(Nc2cccc(CCl)c2)c1. The maximum atomic E-state index is 5.77. The zero-order valence-corrected chi connectivity index (χ0v) is 9.70. The number of hydrogen-bond acceptors (Lipinski definition) is 3. The van der Waals surface area contributed by atoms with Gasteiger partial charge in [0, 0.05) is 11.6 Å². The zero-order valence-electron chi connectivity index (χ0n) is 8.94. The van der Waals surface area contributed by atoms with Gasteiger partial charge in [-0.1, -0.05) is 12.1 Å². The largest absolute Gasteiger partial charge is 0.339 e. The van der Waals surface area contributed by atoms with Gasteiger partial charge in [0.1, 0.15) is 0 Å². The summed E-state index contributed by atoms with van der Waals surface area (Å²) < 4.78 is 0. The Hall–Kier alpha value is -1.61. The van der Waals surface area contributed by atoms with Crippen LogP contribution in [-0.2, 0) is 5.88 Å². The van der Waals surface area contributed by atoms with Gasteiger partial charge in [0.15, 0.2) is 5.82 Å². The minimum absolute atomic E-state index is 0.509. The quantitative estimate of drug-likeness (QED) is 0.827. The smallest absolute Gasteiger partial charge is 0.153 e. The number of rotatable bonds is 3. The number of alkyl halides is 1. The van der Waals surface area contributed by atoms with Crippen LogP contribution in [0.2, 0.25) is 0 Å². The van der Waals surface area contributed by atoms with Crippen molar-refractivity contribution in [3.63, 3.8) is 0 Å². The van der Waals surface area contributed by atoms with Crippen molar-refractivity contribution >= 4 is 23.1 Å². The van der Waals surface area contributed by atoms with E-state index in [1.165, 1.54) is 0 Å². The third-order valence-electron chi connectivity index (χ3n) is 2.14. The number of nitrogens with zero attached hydrogens (tertiary/aromatic N) is 2. The van der Waals surface area contributed by atoms with Gasteiger partial charge in [0.25, 0.3) is 0 Å². The number of hydrogen-bond donors (Lipinski definition) is 1. The molecule has 3 nitrogen and oxygen atoms in total. The summed E-state index contributed by atoms with van der Waals surface area (Å²) in [6.07, 6.45) is 1.72. The molecule has 0 atom stereocenters. The molecule has 82 valence electrons. The van der Waals surface area contributed by atoms with Crippen LogP contribution in [0, 0.1) is 6.92 Å². The van der Waals surface area contributed by atoms with Crippen LogP contribution in [0.15, 0.2) is 36.5 Å². The number of nitrogens with one attached hydrogen (secondary N) is 1. The molecule has 0 radical (unpaired) electrons. The molecule has 4 heteroatoms. The average Bonchev–Trinajstić information content (AvgIpc) is 2.29. The monoisotopic (exact) mass is 233 g/mol. The van der Waals surface area contributed by atoms with Gasteiger partial charge in [-0.3, -0.25) is 0 Å². The Labute approximate surface area is 99.5 Å². The summed E-state index contributed by atoms with van der Waals surface area (Å²) in [5.41, 5.74) is 3.12. The molecule has 0 aliphatic heterocycles. The van der Waals surface area contributed by atoms with Crippen molar-refractivity contribution in [2.24, 2.45) is 0 Å². The van der Waals surface area contributed by atoms with Crippen LogP contribution in [-0.4, -0.2) is 10.2 Å². The maximum Gasteiger partial charge on any atom is 0.153 e. The molecule has 2 aromatic rings. The topological polar surface area (TPSA) is 37.8 Å². The van der Waals surface area contributed by atoms with Crippen LogP contribution in [0.25, 0.3) is 0 Å². The average molecular weight is 234 g/mol. The molecule has 0 saturated heterocycles. The first-order valence-electron chi connectivity index (χ1n) is 4.99. The van der Waals surface area contributed by atoms with Crippen molar-refractivity contribution in [1.29, 1.82) is 0 Å². The number of aromatic nitrogens is 2. The lowest BCUT2D eigenvalue weighted by molar-refractivity contribution is 1.02. The van der Waals surface area contributed by atoms with E-state index >= 15 is 0 Å². The molecule has 0 bridgehead atoms. The summed E-state index contributed by atoms with van der Waals surface area (Å²) in [4.78, 5) is 0. The fraction of sp³-hybridized carbons (Fsp3) is 0.167. The Morgan fingerprint density at radius 3 is 2.94 bits per heavy atom. The van der Waals surface area contributed by atoms with Crippen LogP contribution in [0.1, 0.15) is 11.1 Å². The Bertz CT molecular complexity index is 485. The fourth-order valence-electron chi connectivity index (χ4n) is 1.41. The molecule has 0 spiro atoms. The van der Waals surface area contributed by atoms with Crippen molar-refractivity contribution in [2.75, 3.05) is 5.32 Å². The van der Waals surface area contributed by atoms with Gasteiger partial charge < -0.3 is 5.32 Å². The number of anilines is 2. The van der Waals surface area contributed by atoms with Crippen molar-refractivity contribution < 1.29 is 0 Å². The van der Waals surface area contributed by atoms with Crippen LogP contribution < -0.4 is 5.32 Å². The first kappa shape index (κ1) is 10.9. The second kappa shape index (κ2) is 4.94. The second-order valence-electron chi connectivity index (χ2n) is 3.58. The lowest BCUT2D eigenvalue weighted by atomic mass is 10.2. The Morgan fingerprint density at radius 2 is 2.19 bits per heavy atom. The van der Waals surface area contributed by atoms with Crippen LogP contribution in [0.4, 0.5) is 11.5 Å². The third kappa shape index (κ3) is 2.70. The van der Waals surface area contributed by atoms with Gasteiger partial charge in [-0.2, -0.15) is 5.10 Å². The van der Waals surface area contributed by atoms with E-state index < -0.39 is 0 Å². The van der Waals surface area contributed by atoms with E-state index in [2.05, 4.69) is 15.5 Å². The number of benzene rings is 1. The molecule has 0 aliphatic rings. The zero-order chi connectivity index (χ0) is 11.4. The number of aryl methyl sites for hydroxylation is 1. The van der Waals surface area contributed by atoms with Gasteiger partial charge in [-0.25, -0.2) is 0 Å². The van der Waals surface area contributed by atoms with Crippen molar-refractivity contribution in [2.45, 2.75) is 12.8 Å². The Kier molecular flexibility index (Phi) is 3.37. The summed E-state index contributed by atoms with van der Waals surface area (Å²) in [6.45, 7) is 1.98.